The molecule has 0 radical (unpaired) electrons. The van der Waals surface area contributed by atoms with E-state index >= 15 is 0 Å². The van der Waals surface area contributed by atoms with Gasteiger partial charge in [0.15, 0.2) is 0 Å². The number of phenols is 1. The summed E-state index contributed by atoms with van der Waals surface area (Å²) in [4.78, 5) is 10.7. The van der Waals surface area contributed by atoms with Crippen LogP contribution in [0.2, 0.25) is 0 Å². The van der Waals surface area contributed by atoms with Gasteiger partial charge < -0.3 is 14.2 Å². The van der Waals surface area contributed by atoms with Crippen LogP contribution < -0.4 is 0 Å². The lowest BCUT2D eigenvalue weighted by atomic mass is 9.79. The molecule has 6 heteroatoms. The standard InChI is InChI=1S/C68H55N5O/c1-67(2,3)46-40-56(65(74)57(41-46)68(4,5)6)66-70-63-50(28-19-33-61(63)73(66)49-34-35-54-52-26-13-15-31-59(52)71(62(54)42-49)47-22-9-7-10-23-47)43-20-17-21-45(38-43)58-39-44(36-37-69-58)51-29-18-30-55-53-27-14-16-32-60(53)72(64(51)55)48-24-11-8-12-25-48/h7-42,74H,1-6H3. The van der Waals surface area contributed by atoms with Gasteiger partial charge in [0.05, 0.1) is 44.4 Å². The molecule has 358 valence electrons. The van der Waals surface area contributed by atoms with Gasteiger partial charge in [-0.15, -0.1) is 0 Å². The van der Waals surface area contributed by atoms with Crippen molar-refractivity contribution in [2.45, 2.75) is 52.4 Å². The second kappa shape index (κ2) is 17.1. The maximum atomic E-state index is 12.6. The zero-order valence-electron chi connectivity index (χ0n) is 42.5. The van der Waals surface area contributed by atoms with E-state index in [0.29, 0.717) is 11.4 Å². The topological polar surface area (TPSA) is 60.8 Å². The number of benzene rings is 9. The Kier molecular flexibility index (Phi) is 10.4. The van der Waals surface area contributed by atoms with E-state index in [1.807, 2.05) is 6.20 Å². The fourth-order valence-corrected chi connectivity index (χ4v) is 11.2. The van der Waals surface area contributed by atoms with Crippen molar-refractivity contribution in [2.24, 2.45) is 0 Å². The van der Waals surface area contributed by atoms with Crippen molar-refractivity contribution in [1.82, 2.24) is 23.7 Å². The molecule has 74 heavy (non-hydrogen) atoms. The molecule has 1 N–H and O–H groups in total. The minimum absolute atomic E-state index is 0.196. The highest BCUT2D eigenvalue weighted by Gasteiger charge is 2.29. The highest BCUT2D eigenvalue weighted by molar-refractivity contribution is 6.14. The fourth-order valence-electron chi connectivity index (χ4n) is 11.2. The van der Waals surface area contributed by atoms with Gasteiger partial charge in [0.25, 0.3) is 0 Å². The molecule has 9 aromatic carbocycles. The first-order valence-corrected chi connectivity index (χ1v) is 25.5. The second-order valence-electron chi connectivity index (χ2n) is 21.7. The molecule has 0 spiro atoms. The molecule has 4 heterocycles. The summed E-state index contributed by atoms with van der Waals surface area (Å²) in [5.41, 5.74) is 17.8. The quantitative estimate of drug-likeness (QED) is 0.173. The number of rotatable bonds is 7. The third kappa shape index (κ3) is 7.31. The lowest BCUT2D eigenvalue weighted by Gasteiger charge is -2.27. The van der Waals surface area contributed by atoms with Crippen molar-refractivity contribution >= 4 is 54.6 Å². The van der Waals surface area contributed by atoms with E-state index in [2.05, 4.69) is 268 Å². The van der Waals surface area contributed by atoms with Crippen LogP contribution in [-0.2, 0) is 10.8 Å². The van der Waals surface area contributed by atoms with Crippen LogP contribution in [0.3, 0.4) is 0 Å². The number of phenolic OH excluding ortho intramolecular Hbond substituents is 1. The molecule has 0 aliphatic carbocycles. The zero-order valence-corrected chi connectivity index (χ0v) is 42.5. The third-order valence-corrected chi connectivity index (χ3v) is 14.9. The van der Waals surface area contributed by atoms with Crippen LogP contribution in [-0.4, -0.2) is 28.8 Å². The molecule has 13 aromatic rings. The lowest BCUT2D eigenvalue weighted by Crippen LogP contribution is -2.17. The largest absolute Gasteiger partial charge is 0.507 e. The Hall–Kier alpha value is -9.00. The van der Waals surface area contributed by atoms with Crippen LogP contribution in [0.4, 0.5) is 0 Å². The molecule has 6 nitrogen and oxygen atoms in total. The summed E-state index contributed by atoms with van der Waals surface area (Å²) in [7, 11) is 0. The first-order valence-electron chi connectivity index (χ1n) is 25.5. The SMILES string of the molecule is CC(C)(C)c1cc(-c2nc3c(-c4cccc(-c5cc(-c6cccc7c8ccccc8n(-c8ccccc8)c67)ccn5)c4)cccc3n2-c2ccc3c4ccccc4n(-c4ccccc4)c3c2)c(O)c(C(C)(C)C)c1. The Morgan fingerprint density at radius 3 is 1.70 bits per heavy atom. The molecule has 13 rings (SSSR count). The molecule has 0 aliphatic rings. The monoisotopic (exact) mass is 957 g/mol. The molecule has 4 aromatic heterocycles. The number of aromatic hydroxyl groups is 1. The van der Waals surface area contributed by atoms with E-state index in [9.17, 15) is 5.11 Å². The summed E-state index contributed by atoms with van der Waals surface area (Å²) in [6, 6.07) is 75.6. The van der Waals surface area contributed by atoms with E-state index in [4.69, 9.17) is 9.97 Å². The molecule has 0 fully saturated rings. The summed E-state index contributed by atoms with van der Waals surface area (Å²) in [6.45, 7) is 13.2. The number of imidazole rings is 1. The molecule has 0 amide bonds. The molecule has 0 aliphatic heterocycles. The number of fused-ring (bicyclic) bond motifs is 7. The predicted octanol–water partition coefficient (Wildman–Crippen LogP) is 17.6. The number of hydrogen-bond acceptors (Lipinski definition) is 3. The van der Waals surface area contributed by atoms with Crippen molar-refractivity contribution < 1.29 is 5.11 Å². The van der Waals surface area contributed by atoms with Crippen LogP contribution in [0.5, 0.6) is 5.75 Å². The predicted molar refractivity (Wildman–Crippen MR) is 308 cm³/mol. The average Bonchev–Trinajstić information content (AvgIpc) is 4.09. The van der Waals surface area contributed by atoms with Crippen molar-refractivity contribution in [1.29, 1.82) is 0 Å². The molecule has 0 unspecified atom stereocenters. The van der Waals surface area contributed by atoms with E-state index in [-0.39, 0.29) is 16.6 Å². The third-order valence-electron chi connectivity index (χ3n) is 14.9. The van der Waals surface area contributed by atoms with Gasteiger partial charge in [0.1, 0.15) is 11.6 Å². The minimum atomic E-state index is -0.337. The van der Waals surface area contributed by atoms with Gasteiger partial charge in [0.2, 0.25) is 0 Å². The summed E-state index contributed by atoms with van der Waals surface area (Å²) in [5.74, 6) is 0.923. The molecule has 0 atom stereocenters. The van der Waals surface area contributed by atoms with Crippen molar-refractivity contribution in [3.8, 4) is 67.7 Å². The maximum Gasteiger partial charge on any atom is 0.149 e. The smallest absolute Gasteiger partial charge is 0.149 e. The van der Waals surface area contributed by atoms with Crippen molar-refractivity contribution in [3.05, 3.63) is 230 Å². The van der Waals surface area contributed by atoms with Gasteiger partial charge in [-0.3, -0.25) is 9.55 Å². The summed E-state index contributed by atoms with van der Waals surface area (Å²) >= 11 is 0. The summed E-state index contributed by atoms with van der Waals surface area (Å²) in [5, 5.41) is 17.4. The Morgan fingerprint density at radius 2 is 0.973 bits per heavy atom. The Morgan fingerprint density at radius 1 is 0.392 bits per heavy atom. The number of hydrogen-bond donors (Lipinski definition) is 1. The Bertz CT molecular complexity index is 4330. The van der Waals surface area contributed by atoms with Crippen LogP contribution in [0.1, 0.15) is 52.7 Å². The second-order valence-corrected chi connectivity index (χ2v) is 21.7. The Labute approximate surface area is 431 Å². The Balaban J connectivity index is 1.01. The number of pyridine rings is 1. The fraction of sp³-hybridized carbons (Fsp3) is 0.118. The number of aromatic nitrogens is 5. The molecular weight excluding hydrogens is 903 g/mol. The minimum Gasteiger partial charge on any atom is -0.507 e. The molecule has 0 saturated heterocycles. The summed E-state index contributed by atoms with van der Waals surface area (Å²) < 4.78 is 6.99. The van der Waals surface area contributed by atoms with Crippen molar-refractivity contribution in [2.75, 3.05) is 0 Å². The van der Waals surface area contributed by atoms with E-state index in [0.717, 1.165) is 89.2 Å². The van der Waals surface area contributed by atoms with Gasteiger partial charge in [-0.05, 0) is 106 Å². The molecular formula is C68H55N5O. The van der Waals surface area contributed by atoms with Crippen LogP contribution in [0.15, 0.2) is 219 Å². The van der Waals surface area contributed by atoms with Gasteiger partial charge in [-0.25, -0.2) is 4.98 Å². The molecule has 0 saturated carbocycles. The van der Waals surface area contributed by atoms with Crippen LogP contribution in [0, 0.1) is 0 Å². The number of para-hydroxylation sites is 6. The average molecular weight is 958 g/mol. The van der Waals surface area contributed by atoms with Crippen LogP contribution >= 0.6 is 0 Å². The van der Waals surface area contributed by atoms with Gasteiger partial charge in [-0.1, -0.05) is 175 Å². The van der Waals surface area contributed by atoms with E-state index in [1.165, 1.54) is 27.2 Å². The molecule has 0 bridgehead atoms. The van der Waals surface area contributed by atoms with Gasteiger partial charge in [0, 0.05) is 67.1 Å². The van der Waals surface area contributed by atoms with Gasteiger partial charge >= 0.3 is 0 Å². The lowest BCUT2D eigenvalue weighted by molar-refractivity contribution is 0.446. The first-order chi connectivity index (χ1) is 35.9. The van der Waals surface area contributed by atoms with E-state index < -0.39 is 0 Å². The highest BCUT2D eigenvalue weighted by Crippen LogP contribution is 2.46. The highest BCUT2D eigenvalue weighted by atomic mass is 16.3. The van der Waals surface area contributed by atoms with Gasteiger partial charge in [-0.2, -0.15) is 0 Å². The number of nitrogens with zero attached hydrogens (tertiary/aromatic N) is 5. The normalized spacial score (nSPS) is 12.2. The van der Waals surface area contributed by atoms with Crippen LogP contribution in [0.25, 0.3) is 117 Å². The first kappa shape index (κ1) is 44.9. The van der Waals surface area contributed by atoms with Crippen molar-refractivity contribution in [3.63, 3.8) is 0 Å². The summed E-state index contributed by atoms with van der Waals surface area (Å²) in [6.07, 6.45) is 1.93. The maximum absolute atomic E-state index is 12.6. The zero-order chi connectivity index (χ0) is 50.5. The van der Waals surface area contributed by atoms with E-state index in [1.54, 1.807) is 0 Å².